The molecule has 30 heavy (non-hydrogen) atoms. The van der Waals surface area contributed by atoms with Gasteiger partial charge in [0.25, 0.3) is 0 Å². The Kier molecular flexibility index (Phi) is 121. The fourth-order valence-corrected chi connectivity index (χ4v) is 0.770. The largest absolute Gasteiger partial charge is 0.300 e. The summed E-state index contributed by atoms with van der Waals surface area (Å²) < 4.78 is 0. The lowest BCUT2D eigenvalue weighted by Crippen LogP contribution is -1.69. The van der Waals surface area contributed by atoms with Crippen molar-refractivity contribution in [3.05, 3.63) is 72.8 Å². The van der Waals surface area contributed by atoms with E-state index in [-0.39, 0.29) is 38.6 Å². The first-order valence-electron chi connectivity index (χ1n) is 10.4. The highest BCUT2D eigenvalue weighted by Gasteiger charge is 1.62. The number of benzene rings is 2. The molecular formula is C26H52O2S2. The molecule has 2 nitrogen and oxygen atoms in total. The van der Waals surface area contributed by atoms with Crippen molar-refractivity contribution in [2.45, 2.75) is 83.1 Å². The molecule has 0 fully saturated rings. The summed E-state index contributed by atoms with van der Waals surface area (Å²) >= 11 is 0. The molecule has 0 saturated carbocycles. The molecule has 0 bridgehead atoms. The molecule has 0 aliphatic rings. The Labute approximate surface area is 203 Å². The zero-order valence-electron chi connectivity index (χ0n) is 21.7. The van der Waals surface area contributed by atoms with Gasteiger partial charge in [-0.3, -0.25) is 0 Å². The fourth-order valence-electron chi connectivity index (χ4n) is 0.770. The van der Waals surface area contributed by atoms with Gasteiger partial charge in [-0.2, -0.15) is 27.0 Å². The van der Waals surface area contributed by atoms with Crippen LogP contribution in [0.5, 0.6) is 0 Å². The van der Waals surface area contributed by atoms with Crippen molar-refractivity contribution in [2.24, 2.45) is 0 Å². The van der Waals surface area contributed by atoms with Crippen LogP contribution in [0, 0.1) is 0 Å². The minimum absolute atomic E-state index is 0. The van der Waals surface area contributed by atoms with Crippen molar-refractivity contribution in [3.8, 4) is 0 Å². The molecule has 0 heterocycles. The van der Waals surface area contributed by atoms with Gasteiger partial charge < -0.3 is 9.59 Å². The van der Waals surface area contributed by atoms with Crippen LogP contribution in [0.25, 0.3) is 0 Å². The van der Waals surface area contributed by atoms with Gasteiger partial charge in [-0.15, -0.1) is 0 Å². The van der Waals surface area contributed by atoms with Crippen LogP contribution in [0.3, 0.4) is 0 Å². The maximum absolute atomic E-state index is 9.44. The Morgan fingerprint density at radius 2 is 0.367 bits per heavy atom. The van der Waals surface area contributed by atoms with Crippen LogP contribution in [-0.4, -0.2) is 11.6 Å². The molecular weight excluding hydrogens is 408 g/mol. The normalized spacial score (nSPS) is 5.73. The van der Waals surface area contributed by atoms with E-state index in [2.05, 4.69) is 0 Å². The first-order chi connectivity index (χ1) is 13.5. The summed E-state index contributed by atoms with van der Waals surface area (Å²) in [4.78, 5) is 18.9. The van der Waals surface area contributed by atoms with Gasteiger partial charge in [0.2, 0.25) is 0 Å². The van der Waals surface area contributed by atoms with E-state index in [4.69, 9.17) is 0 Å². The summed E-state index contributed by atoms with van der Waals surface area (Å²) in [5.74, 6) is 0.333. The summed E-state index contributed by atoms with van der Waals surface area (Å²) in [6.45, 7) is 22.1. The summed E-state index contributed by atoms with van der Waals surface area (Å²) in [6.07, 6.45) is 0. The maximum atomic E-state index is 9.44. The highest BCUT2D eigenvalue weighted by molar-refractivity contribution is 7.59. The van der Waals surface area contributed by atoms with E-state index in [1.165, 1.54) is 27.7 Å². The van der Waals surface area contributed by atoms with Crippen LogP contribution in [0.2, 0.25) is 0 Å². The number of hydrogen-bond acceptors (Lipinski definition) is 2. The SMILES string of the molecule is CC.CC.CC.CC.CC(C)=O.CC(C)=O.S.S.c1ccccc1.c1ccccc1. The zero-order chi connectivity index (χ0) is 23.6. The lowest BCUT2D eigenvalue weighted by atomic mass is 10.4. The Bertz CT molecular complexity index is 328. The fraction of sp³-hybridized carbons (Fsp3) is 0.462. The van der Waals surface area contributed by atoms with Gasteiger partial charge in [0.15, 0.2) is 0 Å². The van der Waals surface area contributed by atoms with Crippen molar-refractivity contribution < 1.29 is 9.59 Å². The van der Waals surface area contributed by atoms with Gasteiger partial charge in [0.05, 0.1) is 0 Å². The second-order valence-corrected chi connectivity index (χ2v) is 4.13. The van der Waals surface area contributed by atoms with E-state index in [1.54, 1.807) is 0 Å². The molecule has 0 amide bonds. The van der Waals surface area contributed by atoms with Crippen molar-refractivity contribution >= 4 is 38.6 Å². The molecule has 0 unspecified atom stereocenters. The van der Waals surface area contributed by atoms with Crippen molar-refractivity contribution in [1.29, 1.82) is 0 Å². The van der Waals surface area contributed by atoms with Gasteiger partial charge in [-0.1, -0.05) is 128 Å². The summed E-state index contributed by atoms with van der Waals surface area (Å²) in [6, 6.07) is 24.0. The van der Waals surface area contributed by atoms with Crippen LogP contribution < -0.4 is 0 Å². The highest BCUT2D eigenvalue weighted by Crippen LogP contribution is 1.80. The molecule has 0 aliphatic carbocycles. The van der Waals surface area contributed by atoms with Crippen molar-refractivity contribution in [3.63, 3.8) is 0 Å². The third-order valence-electron chi connectivity index (χ3n) is 1.33. The van der Waals surface area contributed by atoms with E-state index >= 15 is 0 Å². The lowest BCUT2D eigenvalue weighted by Gasteiger charge is -1.69. The Morgan fingerprint density at radius 1 is 0.333 bits per heavy atom. The second kappa shape index (κ2) is 70.9. The highest BCUT2D eigenvalue weighted by atomic mass is 32.1. The van der Waals surface area contributed by atoms with Crippen LogP contribution in [0.4, 0.5) is 0 Å². The van der Waals surface area contributed by atoms with Crippen molar-refractivity contribution in [1.82, 2.24) is 0 Å². The minimum atomic E-state index is 0. The predicted octanol–water partition coefficient (Wildman–Crippen LogP) is 8.89. The summed E-state index contributed by atoms with van der Waals surface area (Å²) in [5, 5.41) is 0. The van der Waals surface area contributed by atoms with E-state index in [0.29, 0.717) is 0 Å². The molecule has 2 aromatic carbocycles. The average Bonchev–Trinajstić information content (AvgIpc) is 2.76. The first-order valence-corrected chi connectivity index (χ1v) is 10.4. The topological polar surface area (TPSA) is 34.1 Å². The Hall–Kier alpha value is -1.52. The second-order valence-electron chi connectivity index (χ2n) is 4.13. The maximum Gasteiger partial charge on any atom is 0.126 e. The molecule has 2 rings (SSSR count). The van der Waals surface area contributed by atoms with Gasteiger partial charge in [-0.25, -0.2) is 0 Å². The summed E-state index contributed by atoms with van der Waals surface area (Å²) in [7, 11) is 0. The van der Waals surface area contributed by atoms with E-state index < -0.39 is 0 Å². The molecule has 0 radical (unpaired) electrons. The molecule has 0 atom stereocenters. The Morgan fingerprint density at radius 3 is 0.400 bits per heavy atom. The van der Waals surface area contributed by atoms with Crippen LogP contribution in [0.1, 0.15) is 83.1 Å². The lowest BCUT2D eigenvalue weighted by molar-refractivity contribution is -0.115. The number of hydrogen-bond donors (Lipinski definition) is 0. The van der Waals surface area contributed by atoms with Gasteiger partial charge >= 0.3 is 0 Å². The summed E-state index contributed by atoms with van der Waals surface area (Å²) in [5.41, 5.74) is 0. The standard InChI is InChI=1S/2C6H6.2C3H6O.4C2H6.2H2S/c2*1-2-4-6-5-3-1;2*1-3(2)4;4*1-2;;/h2*1-6H;2*1-2H3;4*1-2H3;2*1H2. The molecule has 2 aromatic rings. The molecule has 180 valence electrons. The number of ketones is 2. The van der Waals surface area contributed by atoms with Gasteiger partial charge in [0.1, 0.15) is 11.6 Å². The van der Waals surface area contributed by atoms with E-state index in [1.807, 2.05) is 128 Å². The number of carbonyl (C=O) groups excluding carboxylic acids is 2. The van der Waals surface area contributed by atoms with E-state index in [0.717, 1.165) is 0 Å². The molecule has 4 heteroatoms. The van der Waals surface area contributed by atoms with Crippen LogP contribution in [-0.2, 0) is 9.59 Å². The molecule has 0 aliphatic heterocycles. The number of rotatable bonds is 0. The third kappa shape index (κ3) is 157. The molecule has 0 saturated heterocycles. The van der Waals surface area contributed by atoms with E-state index in [9.17, 15) is 9.59 Å². The number of Topliss-reactive ketones (excluding diaryl/α,β-unsaturated/α-hetero) is 2. The third-order valence-corrected chi connectivity index (χ3v) is 1.33. The van der Waals surface area contributed by atoms with Gasteiger partial charge in [0, 0.05) is 0 Å². The number of carbonyl (C=O) groups is 2. The smallest absolute Gasteiger partial charge is 0.126 e. The zero-order valence-corrected chi connectivity index (χ0v) is 23.7. The Balaban J connectivity index is -0.0000000320. The molecule has 0 N–H and O–H groups in total. The quantitative estimate of drug-likeness (QED) is 0.393. The monoisotopic (exact) mass is 460 g/mol. The average molecular weight is 461 g/mol. The van der Waals surface area contributed by atoms with Gasteiger partial charge in [-0.05, 0) is 27.7 Å². The van der Waals surface area contributed by atoms with Crippen molar-refractivity contribution in [2.75, 3.05) is 0 Å². The minimum Gasteiger partial charge on any atom is -0.300 e. The first kappa shape index (κ1) is 51.3. The predicted molar refractivity (Wildman–Crippen MR) is 152 cm³/mol. The van der Waals surface area contributed by atoms with Crippen LogP contribution >= 0.6 is 27.0 Å². The van der Waals surface area contributed by atoms with Crippen LogP contribution in [0.15, 0.2) is 72.8 Å². The molecule has 0 spiro atoms. The molecule has 0 aromatic heterocycles.